The van der Waals surface area contributed by atoms with Crippen LogP contribution in [-0.4, -0.2) is 37.7 Å². The summed E-state index contributed by atoms with van der Waals surface area (Å²) in [4.78, 5) is 27.7. The molecule has 1 N–H and O–H groups in total. The first-order valence-corrected chi connectivity index (χ1v) is 8.63. The lowest BCUT2D eigenvalue weighted by atomic mass is 10.1. The van der Waals surface area contributed by atoms with E-state index in [0.29, 0.717) is 22.3 Å². The van der Waals surface area contributed by atoms with E-state index in [-0.39, 0.29) is 18.5 Å². The number of esters is 1. The van der Waals surface area contributed by atoms with Crippen LogP contribution in [0, 0.1) is 5.92 Å². The van der Waals surface area contributed by atoms with E-state index in [0.717, 1.165) is 18.4 Å². The number of ether oxygens (including phenoxy) is 3. The van der Waals surface area contributed by atoms with Gasteiger partial charge < -0.3 is 14.2 Å². The predicted molar refractivity (Wildman–Crippen MR) is 93.0 cm³/mol. The molecule has 1 aliphatic rings. The van der Waals surface area contributed by atoms with Crippen molar-refractivity contribution in [3.05, 3.63) is 23.6 Å². The van der Waals surface area contributed by atoms with Crippen molar-refractivity contribution >= 4 is 28.3 Å². The van der Waals surface area contributed by atoms with Gasteiger partial charge >= 0.3 is 5.97 Å². The smallest absolute Gasteiger partial charge is 0.309 e. The van der Waals surface area contributed by atoms with Crippen LogP contribution in [-0.2, 0) is 14.3 Å². The molecule has 0 atom stereocenters. The van der Waals surface area contributed by atoms with Gasteiger partial charge in [-0.1, -0.05) is 0 Å². The van der Waals surface area contributed by atoms with Crippen molar-refractivity contribution < 1.29 is 23.8 Å². The van der Waals surface area contributed by atoms with Crippen LogP contribution in [0.3, 0.4) is 0 Å². The molecule has 0 unspecified atom stereocenters. The number of thiazole rings is 1. The molecule has 1 amide bonds. The van der Waals surface area contributed by atoms with Crippen LogP contribution < -0.4 is 14.8 Å². The molecule has 1 aromatic carbocycles. The number of benzene rings is 1. The molecule has 132 valence electrons. The number of amides is 1. The van der Waals surface area contributed by atoms with E-state index in [9.17, 15) is 9.59 Å². The number of carbonyl (C=O) groups is 2. The van der Waals surface area contributed by atoms with Crippen molar-refractivity contribution in [2.45, 2.75) is 12.8 Å². The van der Waals surface area contributed by atoms with Gasteiger partial charge in [-0.05, 0) is 31.0 Å². The number of rotatable bonds is 7. The zero-order valence-corrected chi connectivity index (χ0v) is 14.7. The fourth-order valence-electron chi connectivity index (χ4n) is 2.20. The van der Waals surface area contributed by atoms with E-state index < -0.39 is 5.91 Å². The minimum absolute atomic E-state index is 0.0280. The summed E-state index contributed by atoms with van der Waals surface area (Å²) < 4.78 is 15.5. The first-order chi connectivity index (χ1) is 12.1. The molecule has 1 saturated carbocycles. The van der Waals surface area contributed by atoms with Gasteiger partial charge in [0.15, 0.2) is 11.7 Å². The predicted octanol–water partition coefficient (Wildman–Crippen LogP) is 2.72. The highest BCUT2D eigenvalue weighted by molar-refractivity contribution is 7.14. The monoisotopic (exact) mass is 362 g/mol. The molecular formula is C17H18N2O5S. The molecule has 1 fully saturated rings. The summed E-state index contributed by atoms with van der Waals surface area (Å²) in [5, 5.41) is 4.86. The zero-order valence-electron chi connectivity index (χ0n) is 13.9. The van der Waals surface area contributed by atoms with Gasteiger partial charge in [-0.15, -0.1) is 11.3 Å². The van der Waals surface area contributed by atoms with Crippen molar-refractivity contribution in [1.82, 2.24) is 4.98 Å². The lowest BCUT2D eigenvalue weighted by Crippen LogP contribution is -2.21. The maximum Gasteiger partial charge on any atom is 0.309 e. The minimum atomic E-state index is -0.410. The van der Waals surface area contributed by atoms with E-state index in [2.05, 4.69) is 10.3 Å². The molecule has 2 aromatic rings. The highest BCUT2D eigenvalue weighted by Crippen LogP contribution is 2.35. The van der Waals surface area contributed by atoms with Crippen LogP contribution in [0.25, 0.3) is 11.3 Å². The quantitative estimate of drug-likeness (QED) is 0.762. The molecule has 0 aliphatic heterocycles. The Balaban J connectivity index is 1.65. The second kappa shape index (κ2) is 7.52. The van der Waals surface area contributed by atoms with Gasteiger partial charge in [0.05, 0.1) is 25.8 Å². The molecule has 0 radical (unpaired) electrons. The average molecular weight is 362 g/mol. The fraction of sp³-hybridized carbons (Fsp3) is 0.353. The Hall–Kier alpha value is -2.61. The first-order valence-electron chi connectivity index (χ1n) is 7.75. The Morgan fingerprint density at radius 3 is 2.76 bits per heavy atom. The van der Waals surface area contributed by atoms with Gasteiger partial charge in [0.1, 0.15) is 11.5 Å². The number of nitrogens with zero attached hydrogens (tertiary/aromatic N) is 1. The molecular weight excluding hydrogens is 344 g/mol. The molecule has 1 heterocycles. The number of hydrogen-bond donors (Lipinski definition) is 1. The number of aromatic nitrogens is 1. The van der Waals surface area contributed by atoms with Crippen molar-refractivity contribution in [2.75, 3.05) is 26.1 Å². The SMILES string of the molecule is COc1ccc(OC)c(-c2csc(NC(=O)COC(=O)C3CC3)n2)c1. The molecule has 7 nitrogen and oxygen atoms in total. The molecule has 1 aromatic heterocycles. The average Bonchev–Trinajstić information content (AvgIpc) is 3.39. The van der Waals surface area contributed by atoms with Crippen molar-refractivity contribution in [3.63, 3.8) is 0 Å². The van der Waals surface area contributed by atoms with Crippen molar-refractivity contribution in [2.24, 2.45) is 5.92 Å². The highest BCUT2D eigenvalue weighted by Gasteiger charge is 2.31. The molecule has 0 bridgehead atoms. The highest BCUT2D eigenvalue weighted by atomic mass is 32.1. The molecule has 0 spiro atoms. The number of anilines is 1. The zero-order chi connectivity index (χ0) is 17.8. The standard InChI is InChI=1S/C17H18N2O5S/c1-22-11-5-6-14(23-2)12(7-11)13-9-25-17(18-13)19-15(20)8-24-16(21)10-3-4-10/h5-7,9-10H,3-4,8H2,1-2H3,(H,18,19,20). The number of nitrogens with one attached hydrogen (secondary N) is 1. The molecule has 1 aliphatic carbocycles. The second-order valence-electron chi connectivity index (χ2n) is 5.53. The Labute approximate surface area is 148 Å². The summed E-state index contributed by atoms with van der Waals surface area (Å²) in [5.41, 5.74) is 1.42. The van der Waals surface area contributed by atoms with E-state index >= 15 is 0 Å². The minimum Gasteiger partial charge on any atom is -0.497 e. The Kier molecular flexibility index (Phi) is 5.18. The normalized spacial score (nSPS) is 13.2. The van der Waals surface area contributed by atoms with Crippen LogP contribution in [0.4, 0.5) is 5.13 Å². The maximum atomic E-state index is 11.9. The van der Waals surface area contributed by atoms with Gasteiger partial charge in [0.25, 0.3) is 5.91 Å². The lowest BCUT2D eigenvalue weighted by molar-refractivity contribution is -0.148. The fourth-order valence-corrected chi connectivity index (χ4v) is 2.92. The summed E-state index contributed by atoms with van der Waals surface area (Å²) >= 11 is 1.28. The van der Waals surface area contributed by atoms with Gasteiger partial charge in [0.2, 0.25) is 0 Å². The Morgan fingerprint density at radius 1 is 1.28 bits per heavy atom. The van der Waals surface area contributed by atoms with Gasteiger partial charge in [-0.2, -0.15) is 0 Å². The van der Waals surface area contributed by atoms with Crippen molar-refractivity contribution in [1.29, 1.82) is 0 Å². The summed E-state index contributed by atoms with van der Waals surface area (Å²) in [5.74, 6) is 0.590. The summed E-state index contributed by atoms with van der Waals surface area (Å²) in [6.07, 6.45) is 1.69. The number of carbonyl (C=O) groups excluding carboxylic acids is 2. The Bertz CT molecular complexity index is 785. The summed E-state index contributed by atoms with van der Waals surface area (Å²) in [6, 6.07) is 5.41. The third-order valence-electron chi connectivity index (χ3n) is 3.69. The maximum absolute atomic E-state index is 11.9. The summed E-state index contributed by atoms with van der Waals surface area (Å²) in [7, 11) is 3.16. The van der Waals surface area contributed by atoms with Crippen LogP contribution in [0.15, 0.2) is 23.6 Å². The molecule has 0 saturated heterocycles. The van der Waals surface area contributed by atoms with Crippen molar-refractivity contribution in [3.8, 4) is 22.8 Å². The Morgan fingerprint density at radius 2 is 2.08 bits per heavy atom. The lowest BCUT2D eigenvalue weighted by Gasteiger charge is -2.08. The van der Waals surface area contributed by atoms with Crippen LogP contribution >= 0.6 is 11.3 Å². The van der Waals surface area contributed by atoms with Crippen LogP contribution in [0.1, 0.15) is 12.8 Å². The number of methoxy groups -OCH3 is 2. The first kappa shape index (κ1) is 17.2. The number of hydrogen-bond acceptors (Lipinski definition) is 7. The van der Waals surface area contributed by atoms with Gasteiger partial charge in [0, 0.05) is 10.9 Å². The van der Waals surface area contributed by atoms with E-state index in [4.69, 9.17) is 14.2 Å². The largest absolute Gasteiger partial charge is 0.497 e. The van der Waals surface area contributed by atoms with Crippen LogP contribution in [0.5, 0.6) is 11.5 Å². The molecule has 8 heteroatoms. The summed E-state index contributed by atoms with van der Waals surface area (Å²) in [6.45, 7) is -0.299. The van der Waals surface area contributed by atoms with Gasteiger partial charge in [-0.25, -0.2) is 4.98 Å². The van der Waals surface area contributed by atoms with Crippen LogP contribution in [0.2, 0.25) is 0 Å². The van der Waals surface area contributed by atoms with E-state index in [1.165, 1.54) is 11.3 Å². The third-order valence-corrected chi connectivity index (χ3v) is 4.45. The third kappa shape index (κ3) is 4.27. The van der Waals surface area contributed by atoms with E-state index in [1.54, 1.807) is 26.4 Å². The topological polar surface area (TPSA) is 86.8 Å². The molecule has 25 heavy (non-hydrogen) atoms. The molecule has 3 rings (SSSR count). The van der Waals surface area contributed by atoms with E-state index in [1.807, 2.05) is 11.4 Å². The van der Waals surface area contributed by atoms with Gasteiger partial charge in [-0.3, -0.25) is 14.9 Å². The second-order valence-corrected chi connectivity index (χ2v) is 6.39.